The Kier molecular flexibility index (Phi) is 5.63. The van der Waals surface area contributed by atoms with Crippen LogP contribution in [0.15, 0.2) is 35.3 Å². The van der Waals surface area contributed by atoms with Gasteiger partial charge in [-0.05, 0) is 48.9 Å². The first-order valence-corrected chi connectivity index (χ1v) is 10.2. The number of halogens is 1. The summed E-state index contributed by atoms with van der Waals surface area (Å²) in [6.07, 6.45) is 1.28. The van der Waals surface area contributed by atoms with E-state index in [1.807, 2.05) is 11.9 Å². The molecular formula is C22H25FN4O4. The molecule has 0 bridgehead atoms. The SMILES string of the molecule is CC(=O)N1CCc2c(cn(-c3ccc(F)cc3)c(=O)c2C(=O)N[C@@H]2CN(C)C[C@H]2O)C1. The molecular weight excluding hydrogens is 403 g/mol. The van der Waals surface area contributed by atoms with Crippen molar-refractivity contribution in [3.8, 4) is 5.69 Å². The number of carbonyl (C=O) groups is 2. The van der Waals surface area contributed by atoms with Crippen molar-refractivity contribution in [2.45, 2.75) is 32.0 Å². The summed E-state index contributed by atoms with van der Waals surface area (Å²) < 4.78 is 14.7. The molecule has 2 amide bonds. The van der Waals surface area contributed by atoms with E-state index in [1.165, 1.54) is 35.8 Å². The summed E-state index contributed by atoms with van der Waals surface area (Å²) in [6, 6.07) is 4.93. The number of likely N-dealkylation sites (N-methyl/N-ethyl adjacent to an activating group) is 1. The highest BCUT2D eigenvalue weighted by atomic mass is 19.1. The summed E-state index contributed by atoms with van der Waals surface area (Å²) in [5.41, 5.74) is 1.22. The van der Waals surface area contributed by atoms with Gasteiger partial charge in [0.1, 0.15) is 11.4 Å². The van der Waals surface area contributed by atoms with Crippen LogP contribution in [0.4, 0.5) is 4.39 Å². The number of fused-ring (bicyclic) bond motifs is 1. The van der Waals surface area contributed by atoms with Crippen molar-refractivity contribution < 1.29 is 19.1 Å². The first kappa shape index (κ1) is 21.2. The Morgan fingerprint density at radius 3 is 2.52 bits per heavy atom. The fourth-order valence-electron chi connectivity index (χ4n) is 4.31. The zero-order chi connectivity index (χ0) is 22.3. The predicted octanol–water partition coefficient (Wildman–Crippen LogP) is 0.286. The quantitative estimate of drug-likeness (QED) is 0.733. The molecule has 1 aromatic heterocycles. The number of carbonyl (C=O) groups excluding carboxylic acids is 2. The Bertz CT molecular complexity index is 1080. The molecule has 0 radical (unpaired) electrons. The average Bonchev–Trinajstić information content (AvgIpc) is 3.04. The number of pyridine rings is 1. The van der Waals surface area contributed by atoms with E-state index < -0.39 is 29.4 Å². The summed E-state index contributed by atoms with van der Waals surface area (Å²) in [7, 11) is 1.84. The van der Waals surface area contributed by atoms with Crippen LogP contribution < -0.4 is 10.9 Å². The molecule has 4 rings (SSSR count). The topological polar surface area (TPSA) is 94.9 Å². The minimum atomic E-state index is -0.721. The molecule has 2 aliphatic heterocycles. The summed E-state index contributed by atoms with van der Waals surface area (Å²) in [4.78, 5) is 42.0. The standard InChI is InChI=1S/C22H25FN4O4/c1-13(28)26-8-7-17-14(9-26)10-27(16-5-3-15(23)4-6-16)22(31)20(17)21(30)24-18-11-25(2)12-19(18)29/h3-6,10,18-19,29H,7-9,11-12H2,1-2H3,(H,24,30)/t18-,19-/m1/s1. The van der Waals surface area contributed by atoms with Crippen molar-refractivity contribution in [2.75, 3.05) is 26.7 Å². The minimum absolute atomic E-state index is 0.00628. The third kappa shape index (κ3) is 4.11. The first-order valence-electron chi connectivity index (χ1n) is 10.2. The monoisotopic (exact) mass is 428 g/mol. The number of benzene rings is 1. The maximum atomic E-state index is 13.4. The van der Waals surface area contributed by atoms with Gasteiger partial charge in [-0.25, -0.2) is 4.39 Å². The van der Waals surface area contributed by atoms with Crippen LogP contribution in [-0.4, -0.2) is 70.1 Å². The van der Waals surface area contributed by atoms with Crippen molar-refractivity contribution in [1.29, 1.82) is 0 Å². The minimum Gasteiger partial charge on any atom is -0.390 e. The van der Waals surface area contributed by atoms with Crippen LogP contribution >= 0.6 is 0 Å². The third-order valence-corrected chi connectivity index (χ3v) is 5.97. The highest BCUT2D eigenvalue weighted by molar-refractivity contribution is 5.96. The van der Waals surface area contributed by atoms with Gasteiger partial charge >= 0.3 is 0 Å². The highest BCUT2D eigenvalue weighted by Gasteiger charge is 2.33. The van der Waals surface area contributed by atoms with Crippen LogP contribution in [0.2, 0.25) is 0 Å². The number of aliphatic hydroxyl groups is 1. The molecule has 9 heteroatoms. The van der Waals surface area contributed by atoms with Crippen molar-refractivity contribution in [3.05, 3.63) is 63.3 Å². The summed E-state index contributed by atoms with van der Waals surface area (Å²) in [6.45, 7) is 3.09. The van der Waals surface area contributed by atoms with Crippen molar-refractivity contribution in [1.82, 2.24) is 19.7 Å². The van der Waals surface area contributed by atoms with Gasteiger partial charge in [0.05, 0.1) is 12.1 Å². The van der Waals surface area contributed by atoms with Gasteiger partial charge in [0.15, 0.2) is 0 Å². The van der Waals surface area contributed by atoms with E-state index in [-0.39, 0.29) is 18.0 Å². The average molecular weight is 428 g/mol. The summed E-state index contributed by atoms with van der Waals surface area (Å²) in [5, 5.41) is 13.0. The number of hydrogen-bond donors (Lipinski definition) is 2. The fraction of sp³-hybridized carbons (Fsp3) is 0.409. The molecule has 0 spiro atoms. The van der Waals surface area contributed by atoms with Gasteiger partial charge in [-0.2, -0.15) is 0 Å². The number of nitrogens with zero attached hydrogens (tertiary/aromatic N) is 3. The largest absolute Gasteiger partial charge is 0.390 e. The maximum absolute atomic E-state index is 13.4. The van der Waals surface area contributed by atoms with E-state index in [4.69, 9.17) is 0 Å². The van der Waals surface area contributed by atoms with Crippen LogP contribution in [0.5, 0.6) is 0 Å². The zero-order valence-electron chi connectivity index (χ0n) is 17.5. The molecule has 1 fully saturated rings. The van der Waals surface area contributed by atoms with Gasteiger partial charge in [0.2, 0.25) is 5.91 Å². The van der Waals surface area contributed by atoms with E-state index in [1.54, 1.807) is 11.1 Å². The molecule has 164 valence electrons. The molecule has 1 aromatic carbocycles. The lowest BCUT2D eigenvalue weighted by molar-refractivity contribution is -0.129. The number of likely N-dealkylation sites (tertiary alicyclic amines) is 1. The van der Waals surface area contributed by atoms with Crippen molar-refractivity contribution >= 4 is 11.8 Å². The van der Waals surface area contributed by atoms with Gasteiger partial charge in [-0.3, -0.25) is 19.0 Å². The van der Waals surface area contributed by atoms with E-state index in [0.29, 0.717) is 42.9 Å². The number of amides is 2. The molecule has 2 atom stereocenters. The Morgan fingerprint density at radius 2 is 1.90 bits per heavy atom. The Labute approximate surface area is 178 Å². The molecule has 3 heterocycles. The zero-order valence-corrected chi connectivity index (χ0v) is 17.5. The molecule has 0 unspecified atom stereocenters. The molecule has 2 N–H and O–H groups in total. The van der Waals surface area contributed by atoms with Crippen LogP contribution in [0.1, 0.15) is 28.4 Å². The lowest BCUT2D eigenvalue weighted by Gasteiger charge is -2.30. The Hall–Kier alpha value is -3.04. The Balaban J connectivity index is 1.79. The summed E-state index contributed by atoms with van der Waals surface area (Å²) >= 11 is 0. The molecule has 31 heavy (non-hydrogen) atoms. The van der Waals surface area contributed by atoms with Gasteiger partial charge in [0.25, 0.3) is 11.5 Å². The summed E-state index contributed by atoms with van der Waals surface area (Å²) in [5.74, 6) is -1.07. The van der Waals surface area contributed by atoms with Gasteiger partial charge < -0.3 is 20.2 Å². The highest BCUT2D eigenvalue weighted by Crippen LogP contribution is 2.23. The number of rotatable bonds is 3. The first-order chi connectivity index (χ1) is 14.7. The van der Waals surface area contributed by atoms with E-state index in [2.05, 4.69) is 5.32 Å². The van der Waals surface area contributed by atoms with Crippen LogP contribution in [0.3, 0.4) is 0 Å². The lowest BCUT2D eigenvalue weighted by Crippen LogP contribution is -2.46. The van der Waals surface area contributed by atoms with Gasteiger partial charge in [-0.15, -0.1) is 0 Å². The fourth-order valence-corrected chi connectivity index (χ4v) is 4.31. The number of hydrogen-bond acceptors (Lipinski definition) is 5. The molecule has 0 aliphatic carbocycles. The maximum Gasteiger partial charge on any atom is 0.268 e. The van der Waals surface area contributed by atoms with E-state index in [9.17, 15) is 23.9 Å². The van der Waals surface area contributed by atoms with Gasteiger partial charge in [0, 0.05) is 45.0 Å². The second-order valence-electron chi connectivity index (χ2n) is 8.22. The second kappa shape index (κ2) is 8.24. The third-order valence-electron chi connectivity index (χ3n) is 5.97. The molecule has 0 saturated carbocycles. The molecule has 8 nitrogen and oxygen atoms in total. The number of β-amino-alcohol motifs (C(OH)–C–C–N with tert-alkyl or cyclic N) is 1. The smallest absolute Gasteiger partial charge is 0.268 e. The van der Waals surface area contributed by atoms with Crippen molar-refractivity contribution in [2.24, 2.45) is 0 Å². The number of aromatic nitrogens is 1. The number of nitrogens with one attached hydrogen (secondary N) is 1. The van der Waals surface area contributed by atoms with E-state index in [0.717, 1.165) is 0 Å². The second-order valence-corrected chi connectivity index (χ2v) is 8.22. The van der Waals surface area contributed by atoms with Crippen molar-refractivity contribution in [3.63, 3.8) is 0 Å². The Morgan fingerprint density at radius 1 is 1.19 bits per heavy atom. The van der Waals surface area contributed by atoms with Gasteiger partial charge in [-0.1, -0.05) is 0 Å². The molecule has 2 aromatic rings. The van der Waals surface area contributed by atoms with E-state index >= 15 is 0 Å². The normalized spacial score (nSPS) is 21.1. The molecule has 1 saturated heterocycles. The number of aliphatic hydroxyl groups excluding tert-OH is 1. The van der Waals surface area contributed by atoms with Crippen LogP contribution in [0, 0.1) is 5.82 Å². The lowest BCUT2D eigenvalue weighted by atomic mass is 9.95. The van der Waals surface area contributed by atoms with Crippen LogP contribution in [0.25, 0.3) is 5.69 Å². The molecule has 2 aliphatic rings. The van der Waals surface area contributed by atoms with Crippen LogP contribution in [-0.2, 0) is 17.8 Å². The predicted molar refractivity (Wildman–Crippen MR) is 112 cm³/mol.